The highest BCUT2D eigenvalue weighted by atomic mass is 16.5. The highest BCUT2D eigenvalue weighted by Crippen LogP contribution is 2.42. The van der Waals surface area contributed by atoms with Gasteiger partial charge in [-0.3, -0.25) is 9.59 Å². The fourth-order valence-corrected chi connectivity index (χ4v) is 4.94. The van der Waals surface area contributed by atoms with E-state index in [0.29, 0.717) is 28.4 Å². The van der Waals surface area contributed by atoms with Gasteiger partial charge < -0.3 is 24.2 Å². The van der Waals surface area contributed by atoms with Crippen LogP contribution in [-0.4, -0.2) is 48.1 Å². The lowest BCUT2D eigenvalue weighted by molar-refractivity contribution is -0.140. The van der Waals surface area contributed by atoms with Crippen LogP contribution in [0, 0.1) is 6.92 Å². The van der Waals surface area contributed by atoms with Crippen LogP contribution in [0.5, 0.6) is 17.2 Å². The summed E-state index contributed by atoms with van der Waals surface area (Å²) in [5.41, 5.74) is 2.79. The second-order valence-electron chi connectivity index (χ2n) is 10.5. The van der Waals surface area contributed by atoms with Gasteiger partial charge in [-0.2, -0.15) is 0 Å². The van der Waals surface area contributed by atoms with Crippen LogP contribution in [0.15, 0.2) is 72.3 Å². The van der Waals surface area contributed by atoms with Crippen molar-refractivity contribution in [1.29, 1.82) is 0 Å². The summed E-state index contributed by atoms with van der Waals surface area (Å²) in [6.45, 7) is 10.2. The number of aryl methyl sites for hydroxylation is 1. The molecule has 1 N–H and O–H groups in total. The molecule has 1 amide bonds. The molecule has 1 saturated heterocycles. The molecule has 3 aromatic carbocycles. The van der Waals surface area contributed by atoms with Gasteiger partial charge in [0.25, 0.3) is 11.7 Å². The maximum Gasteiger partial charge on any atom is 0.295 e. The number of para-hydroxylation sites is 1. The number of methoxy groups -OCH3 is 1. The Bertz CT molecular complexity index is 1410. The molecular weight excluding hydrogens is 506 g/mol. The third-order valence-corrected chi connectivity index (χ3v) is 6.93. The van der Waals surface area contributed by atoms with Crippen LogP contribution < -0.4 is 9.47 Å². The number of ether oxygens (including phenoxy) is 3. The second kappa shape index (κ2) is 12.4. The summed E-state index contributed by atoms with van der Waals surface area (Å²) < 4.78 is 17.3. The molecule has 1 atom stereocenters. The van der Waals surface area contributed by atoms with E-state index in [9.17, 15) is 14.7 Å². The Balaban J connectivity index is 1.85. The molecule has 1 aliphatic heterocycles. The van der Waals surface area contributed by atoms with Gasteiger partial charge in [0, 0.05) is 12.1 Å². The minimum Gasteiger partial charge on any atom is -0.507 e. The Kier molecular flexibility index (Phi) is 8.95. The molecule has 0 aliphatic carbocycles. The van der Waals surface area contributed by atoms with Crippen LogP contribution in [-0.2, 0) is 14.3 Å². The Hall–Kier alpha value is -4.10. The van der Waals surface area contributed by atoms with E-state index >= 15 is 0 Å². The van der Waals surface area contributed by atoms with E-state index < -0.39 is 17.7 Å². The number of likely N-dealkylation sites (tertiary alicyclic amines) is 1. The predicted molar refractivity (Wildman–Crippen MR) is 155 cm³/mol. The summed E-state index contributed by atoms with van der Waals surface area (Å²) in [4.78, 5) is 28.4. The van der Waals surface area contributed by atoms with E-state index in [-0.39, 0.29) is 36.5 Å². The van der Waals surface area contributed by atoms with E-state index in [1.165, 1.54) is 4.90 Å². The molecule has 1 unspecified atom stereocenters. The number of hydrogen-bond donors (Lipinski definition) is 1. The van der Waals surface area contributed by atoms with E-state index in [1.807, 2.05) is 95.3 Å². The number of carbonyl (C=O) groups is 2. The number of hydrogen-bond acceptors (Lipinski definition) is 6. The number of aliphatic hydroxyl groups excluding tert-OH is 1. The molecule has 210 valence electrons. The number of carbonyl (C=O) groups excluding carboxylic acids is 2. The maximum absolute atomic E-state index is 13.5. The van der Waals surface area contributed by atoms with Gasteiger partial charge in [-0.1, -0.05) is 44.2 Å². The first-order valence-corrected chi connectivity index (χ1v) is 13.5. The third kappa shape index (κ3) is 6.05. The minimum atomic E-state index is -0.820. The quantitative estimate of drug-likeness (QED) is 0.173. The third-order valence-electron chi connectivity index (χ3n) is 6.93. The molecule has 1 fully saturated rings. The monoisotopic (exact) mass is 543 g/mol. The zero-order chi connectivity index (χ0) is 29.0. The highest BCUT2D eigenvalue weighted by Gasteiger charge is 2.46. The maximum atomic E-state index is 13.5. The molecule has 0 radical (unpaired) electrons. The number of Topliss-reactive ketones (excluding diaryl/α,β-unsaturated/α-hetero) is 1. The first kappa shape index (κ1) is 28.9. The van der Waals surface area contributed by atoms with Crippen molar-refractivity contribution >= 4 is 17.4 Å². The van der Waals surface area contributed by atoms with Gasteiger partial charge in [-0.15, -0.1) is 0 Å². The van der Waals surface area contributed by atoms with Crippen LogP contribution in [0.3, 0.4) is 0 Å². The Morgan fingerprint density at radius 2 is 1.65 bits per heavy atom. The summed E-state index contributed by atoms with van der Waals surface area (Å²) in [7, 11) is 1.61. The molecule has 7 nitrogen and oxygen atoms in total. The smallest absolute Gasteiger partial charge is 0.295 e. The SMILES string of the molecule is COc1cc(C)c(/C(O)=C2\C(=O)C(=O)N(CCOC(C)C)C2c2cccc(Oc3ccccc3)c2)cc1C(C)C. The highest BCUT2D eigenvalue weighted by molar-refractivity contribution is 6.46. The van der Waals surface area contributed by atoms with Gasteiger partial charge in [0.1, 0.15) is 23.0 Å². The fourth-order valence-electron chi connectivity index (χ4n) is 4.94. The van der Waals surface area contributed by atoms with E-state index in [2.05, 4.69) is 0 Å². The summed E-state index contributed by atoms with van der Waals surface area (Å²) in [5, 5.41) is 11.7. The predicted octanol–water partition coefficient (Wildman–Crippen LogP) is 6.77. The van der Waals surface area contributed by atoms with Gasteiger partial charge in [-0.05, 0) is 79.8 Å². The second-order valence-corrected chi connectivity index (χ2v) is 10.5. The molecular formula is C33H37NO6. The van der Waals surface area contributed by atoms with Crippen LogP contribution in [0.4, 0.5) is 0 Å². The van der Waals surface area contributed by atoms with Gasteiger partial charge in [0.05, 0.1) is 31.4 Å². The molecule has 0 bridgehead atoms. The number of amides is 1. The van der Waals surface area contributed by atoms with Crippen molar-refractivity contribution in [3.05, 3.63) is 94.6 Å². The summed E-state index contributed by atoms with van der Waals surface area (Å²) in [6, 6.07) is 19.5. The van der Waals surface area contributed by atoms with Gasteiger partial charge >= 0.3 is 0 Å². The van der Waals surface area contributed by atoms with Crippen molar-refractivity contribution < 1.29 is 28.9 Å². The summed E-state index contributed by atoms with van der Waals surface area (Å²) in [6.07, 6.45) is -0.0331. The average Bonchev–Trinajstić information content (AvgIpc) is 3.18. The van der Waals surface area contributed by atoms with Crippen molar-refractivity contribution in [2.45, 2.75) is 52.7 Å². The Morgan fingerprint density at radius 1 is 0.950 bits per heavy atom. The van der Waals surface area contributed by atoms with Crippen molar-refractivity contribution in [3.8, 4) is 17.2 Å². The number of ketones is 1. The molecule has 40 heavy (non-hydrogen) atoms. The molecule has 1 heterocycles. The van der Waals surface area contributed by atoms with Crippen LogP contribution >= 0.6 is 0 Å². The molecule has 3 aromatic rings. The van der Waals surface area contributed by atoms with E-state index in [0.717, 1.165) is 11.1 Å². The number of benzene rings is 3. The first-order valence-electron chi connectivity index (χ1n) is 13.5. The molecule has 4 rings (SSSR count). The zero-order valence-corrected chi connectivity index (χ0v) is 23.9. The molecule has 7 heteroatoms. The number of rotatable bonds is 10. The van der Waals surface area contributed by atoms with Gasteiger partial charge in [-0.25, -0.2) is 0 Å². The molecule has 1 aliphatic rings. The lowest BCUT2D eigenvalue weighted by Gasteiger charge is -2.26. The molecule has 0 aromatic heterocycles. The Labute approximate surface area is 236 Å². The van der Waals surface area contributed by atoms with Crippen molar-refractivity contribution in [2.24, 2.45) is 0 Å². The van der Waals surface area contributed by atoms with Crippen molar-refractivity contribution in [3.63, 3.8) is 0 Å². The van der Waals surface area contributed by atoms with Crippen LogP contribution in [0.1, 0.15) is 61.9 Å². The zero-order valence-electron chi connectivity index (χ0n) is 23.9. The fraction of sp³-hybridized carbons (Fsp3) is 0.333. The van der Waals surface area contributed by atoms with E-state index in [4.69, 9.17) is 14.2 Å². The standard InChI is InChI=1S/C33H37NO6/c1-20(2)26-19-27(22(5)17-28(26)38-6)31(35)29-30(34(33(37)32(29)36)15-16-39-21(3)4)23-11-10-14-25(18-23)40-24-12-8-7-9-13-24/h7-14,17-21,30,35H,15-16H2,1-6H3/b31-29+. The van der Waals surface area contributed by atoms with Crippen LogP contribution in [0.25, 0.3) is 5.76 Å². The minimum absolute atomic E-state index is 0.0331. The van der Waals surface area contributed by atoms with Crippen LogP contribution in [0.2, 0.25) is 0 Å². The summed E-state index contributed by atoms with van der Waals surface area (Å²) >= 11 is 0. The van der Waals surface area contributed by atoms with Gasteiger partial charge in [0.2, 0.25) is 0 Å². The molecule has 0 spiro atoms. The van der Waals surface area contributed by atoms with Crippen molar-refractivity contribution in [2.75, 3.05) is 20.3 Å². The first-order chi connectivity index (χ1) is 19.1. The van der Waals surface area contributed by atoms with Crippen molar-refractivity contribution in [1.82, 2.24) is 4.90 Å². The lowest BCUT2D eigenvalue weighted by atomic mass is 9.91. The average molecular weight is 544 g/mol. The normalized spacial score (nSPS) is 16.7. The van der Waals surface area contributed by atoms with E-state index in [1.54, 1.807) is 13.2 Å². The number of nitrogens with zero attached hydrogens (tertiary/aromatic N) is 1. The topological polar surface area (TPSA) is 85.3 Å². The summed E-state index contributed by atoms with van der Waals surface area (Å²) in [5.74, 6) is 0.404. The number of aliphatic hydroxyl groups is 1. The largest absolute Gasteiger partial charge is 0.507 e. The Morgan fingerprint density at radius 3 is 2.30 bits per heavy atom. The lowest BCUT2D eigenvalue weighted by Crippen LogP contribution is -2.33. The molecule has 0 saturated carbocycles. The van der Waals surface area contributed by atoms with Gasteiger partial charge in [0.15, 0.2) is 0 Å².